The summed E-state index contributed by atoms with van der Waals surface area (Å²) in [6, 6.07) is 25.0. The molecule has 156 valence electrons. The number of rotatable bonds is 6. The molecule has 0 spiro atoms. The SMILES string of the molecule is Fc1ccc(OCc2noc(CN3Cc4ccccc4[C@H](c4ccccc4)C3)n2)cc1. The first-order valence-electron chi connectivity index (χ1n) is 10.3. The molecule has 5 nitrogen and oxygen atoms in total. The first-order chi connectivity index (χ1) is 15.2. The van der Waals surface area contributed by atoms with Crippen LogP contribution in [0, 0.1) is 5.82 Å². The molecule has 5 rings (SSSR count). The van der Waals surface area contributed by atoms with Crippen molar-refractivity contribution in [3.05, 3.63) is 113 Å². The third-order valence-corrected chi connectivity index (χ3v) is 5.52. The molecule has 1 aliphatic heterocycles. The summed E-state index contributed by atoms with van der Waals surface area (Å²) in [4.78, 5) is 6.80. The van der Waals surface area contributed by atoms with Gasteiger partial charge < -0.3 is 9.26 Å². The Morgan fingerprint density at radius 2 is 1.74 bits per heavy atom. The van der Waals surface area contributed by atoms with Gasteiger partial charge in [0.25, 0.3) is 0 Å². The predicted molar refractivity (Wildman–Crippen MR) is 114 cm³/mol. The van der Waals surface area contributed by atoms with E-state index in [1.54, 1.807) is 12.1 Å². The topological polar surface area (TPSA) is 51.4 Å². The predicted octanol–water partition coefficient (Wildman–Crippen LogP) is 4.94. The summed E-state index contributed by atoms with van der Waals surface area (Å²) in [7, 11) is 0. The summed E-state index contributed by atoms with van der Waals surface area (Å²) in [5.41, 5.74) is 4.00. The molecule has 0 fully saturated rings. The highest BCUT2D eigenvalue weighted by atomic mass is 19.1. The average Bonchev–Trinajstić information content (AvgIpc) is 3.26. The second-order valence-corrected chi connectivity index (χ2v) is 7.68. The number of hydrogen-bond acceptors (Lipinski definition) is 5. The van der Waals surface area contributed by atoms with Crippen molar-refractivity contribution in [3.8, 4) is 5.75 Å². The van der Waals surface area contributed by atoms with Gasteiger partial charge in [0.05, 0.1) is 6.54 Å². The maximum atomic E-state index is 13.0. The van der Waals surface area contributed by atoms with Crippen LogP contribution in [0.3, 0.4) is 0 Å². The van der Waals surface area contributed by atoms with Crippen LogP contribution in [0.1, 0.15) is 34.3 Å². The molecule has 1 aliphatic rings. The number of halogens is 1. The van der Waals surface area contributed by atoms with E-state index in [1.165, 1.54) is 28.8 Å². The van der Waals surface area contributed by atoms with Gasteiger partial charge in [0.2, 0.25) is 11.7 Å². The molecule has 1 aromatic heterocycles. The first kappa shape index (κ1) is 19.5. The average molecular weight is 415 g/mol. The van der Waals surface area contributed by atoms with Gasteiger partial charge in [-0.25, -0.2) is 4.39 Å². The number of benzene rings is 3. The van der Waals surface area contributed by atoms with Crippen molar-refractivity contribution in [1.29, 1.82) is 0 Å². The number of nitrogens with zero attached hydrogens (tertiary/aromatic N) is 3. The zero-order chi connectivity index (χ0) is 21.0. The van der Waals surface area contributed by atoms with Gasteiger partial charge in [0.1, 0.15) is 11.6 Å². The maximum Gasteiger partial charge on any atom is 0.240 e. The smallest absolute Gasteiger partial charge is 0.240 e. The molecular weight excluding hydrogens is 393 g/mol. The summed E-state index contributed by atoms with van der Waals surface area (Å²) < 4.78 is 24.1. The van der Waals surface area contributed by atoms with E-state index in [4.69, 9.17) is 9.26 Å². The summed E-state index contributed by atoms with van der Waals surface area (Å²) in [5.74, 6) is 1.59. The third-order valence-electron chi connectivity index (χ3n) is 5.52. The normalized spacial score (nSPS) is 16.1. The molecule has 0 unspecified atom stereocenters. The van der Waals surface area contributed by atoms with E-state index in [1.807, 2.05) is 6.07 Å². The Hall–Kier alpha value is -3.51. The second kappa shape index (κ2) is 8.70. The van der Waals surface area contributed by atoms with Crippen molar-refractivity contribution in [2.45, 2.75) is 25.6 Å². The molecule has 0 N–H and O–H groups in total. The molecule has 0 aliphatic carbocycles. The standard InChI is InChI=1S/C25H22FN3O2/c26-20-10-12-21(13-11-20)30-17-24-27-25(31-28-24)16-29-14-19-8-4-5-9-22(19)23(15-29)18-6-2-1-3-7-18/h1-13,23H,14-17H2/t23-/m0/s1. The fourth-order valence-electron chi connectivity index (χ4n) is 4.05. The highest BCUT2D eigenvalue weighted by Gasteiger charge is 2.27. The van der Waals surface area contributed by atoms with Crippen molar-refractivity contribution in [3.63, 3.8) is 0 Å². The van der Waals surface area contributed by atoms with Crippen LogP contribution >= 0.6 is 0 Å². The number of aromatic nitrogens is 2. The minimum absolute atomic E-state index is 0.171. The van der Waals surface area contributed by atoms with E-state index in [0.29, 0.717) is 29.9 Å². The molecule has 0 bridgehead atoms. The van der Waals surface area contributed by atoms with E-state index in [2.05, 4.69) is 63.6 Å². The van der Waals surface area contributed by atoms with Gasteiger partial charge in [-0.05, 0) is 41.0 Å². The van der Waals surface area contributed by atoms with Crippen LogP contribution in [0.2, 0.25) is 0 Å². The second-order valence-electron chi connectivity index (χ2n) is 7.68. The molecule has 0 amide bonds. The lowest BCUT2D eigenvalue weighted by atomic mass is 9.85. The lowest BCUT2D eigenvalue weighted by molar-refractivity contribution is 0.200. The fourth-order valence-corrected chi connectivity index (χ4v) is 4.05. The fraction of sp³-hybridized carbons (Fsp3) is 0.200. The third kappa shape index (κ3) is 4.49. The largest absolute Gasteiger partial charge is 0.485 e. The van der Waals surface area contributed by atoms with Crippen molar-refractivity contribution in [1.82, 2.24) is 15.0 Å². The Balaban J connectivity index is 1.28. The first-order valence-corrected chi connectivity index (χ1v) is 10.3. The Morgan fingerprint density at radius 1 is 0.968 bits per heavy atom. The van der Waals surface area contributed by atoms with Crippen LogP contribution in [0.25, 0.3) is 0 Å². The molecule has 0 saturated heterocycles. The minimum atomic E-state index is -0.300. The van der Waals surface area contributed by atoms with E-state index in [-0.39, 0.29) is 12.4 Å². The van der Waals surface area contributed by atoms with Crippen LogP contribution in [0.5, 0.6) is 5.75 Å². The quantitative estimate of drug-likeness (QED) is 0.447. The van der Waals surface area contributed by atoms with Crippen LogP contribution in [-0.2, 0) is 19.7 Å². The van der Waals surface area contributed by atoms with Crippen LogP contribution < -0.4 is 4.74 Å². The van der Waals surface area contributed by atoms with Crippen molar-refractivity contribution < 1.29 is 13.7 Å². The zero-order valence-electron chi connectivity index (χ0n) is 16.9. The van der Waals surface area contributed by atoms with E-state index < -0.39 is 0 Å². The Bertz CT molecular complexity index is 1140. The lowest BCUT2D eigenvalue weighted by Crippen LogP contribution is -2.33. The van der Waals surface area contributed by atoms with Gasteiger partial charge in [0.15, 0.2) is 6.61 Å². The molecule has 0 saturated carbocycles. The Labute approximate surface area is 180 Å². The highest BCUT2D eigenvalue weighted by Crippen LogP contribution is 2.33. The molecular formula is C25H22FN3O2. The van der Waals surface area contributed by atoms with Crippen LogP contribution in [0.4, 0.5) is 4.39 Å². The van der Waals surface area contributed by atoms with Gasteiger partial charge >= 0.3 is 0 Å². The number of hydrogen-bond donors (Lipinski definition) is 0. The Kier molecular flexibility index (Phi) is 5.46. The van der Waals surface area contributed by atoms with E-state index >= 15 is 0 Å². The number of fused-ring (bicyclic) bond motifs is 1. The molecule has 6 heteroatoms. The molecule has 0 radical (unpaired) electrons. The molecule has 4 aromatic rings. The molecule has 1 atom stereocenters. The monoisotopic (exact) mass is 415 g/mol. The summed E-state index contributed by atoms with van der Waals surface area (Å²) in [6.07, 6.45) is 0. The molecule has 3 aromatic carbocycles. The van der Waals surface area contributed by atoms with Gasteiger partial charge in [-0.2, -0.15) is 4.98 Å². The van der Waals surface area contributed by atoms with E-state index in [0.717, 1.165) is 13.1 Å². The van der Waals surface area contributed by atoms with Crippen molar-refractivity contribution in [2.75, 3.05) is 6.54 Å². The van der Waals surface area contributed by atoms with Crippen LogP contribution in [-0.4, -0.2) is 21.6 Å². The van der Waals surface area contributed by atoms with Gasteiger partial charge in [-0.1, -0.05) is 59.8 Å². The van der Waals surface area contributed by atoms with Crippen molar-refractivity contribution in [2.24, 2.45) is 0 Å². The summed E-state index contributed by atoms with van der Waals surface area (Å²) in [5, 5.41) is 4.02. The number of ether oxygens (including phenoxy) is 1. The minimum Gasteiger partial charge on any atom is -0.485 e. The maximum absolute atomic E-state index is 13.0. The lowest BCUT2D eigenvalue weighted by Gasteiger charge is -2.34. The highest BCUT2D eigenvalue weighted by molar-refractivity contribution is 5.40. The molecule has 2 heterocycles. The van der Waals surface area contributed by atoms with Crippen LogP contribution in [0.15, 0.2) is 83.4 Å². The molecule has 31 heavy (non-hydrogen) atoms. The summed E-state index contributed by atoms with van der Waals surface area (Å²) in [6.45, 7) is 2.46. The van der Waals surface area contributed by atoms with Gasteiger partial charge in [-0.15, -0.1) is 0 Å². The van der Waals surface area contributed by atoms with Gasteiger partial charge in [0, 0.05) is 19.0 Å². The zero-order valence-corrected chi connectivity index (χ0v) is 16.9. The summed E-state index contributed by atoms with van der Waals surface area (Å²) >= 11 is 0. The van der Waals surface area contributed by atoms with Crippen molar-refractivity contribution >= 4 is 0 Å². The van der Waals surface area contributed by atoms with Gasteiger partial charge in [-0.3, -0.25) is 4.90 Å². The Morgan fingerprint density at radius 3 is 2.58 bits per heavy atom. The van der Waals surface area contributed by atoms with E-state index in [9.17, 15) is 4.39 Å².